The van der Waals surface area contributed by atoms with Crippen molar-refractivity contribution < 1.29 is 0 Å². The molecule has 0 aliphatic rings. The van der Waals surface area contributed by atoms with Crippen molar-refractivity contribution in [2.45, 2.75) is 48.0 Å². The molecule has 0 heteroatoms. The Hall–Kier alpha value is -0.520. The topological polar surface area (TPSA) is 0 Å². The predicted octanol–water partition coefficient (Wildman–Crippen LogP) is 4.58. The van der Waals surface area contributed by atoms with Crippen LogP contribution in [0.1, 0.15) is 48.0 Å². The first kappa shape index (κ1) is 12.5. The summed E-state index contributed by atoms with van der Waals surface area (Å²) in [6.45, 7) is 13.5. The minimum absolute atomic E-state index is 0.378. The molecule has 0 aliphatic heterocycles. The average molecular weight is 180 g/mol. The molecular weight excluding hydrogens is 156 g/mol. The van der Waals surface area contributed by atoms with Crippen LogP contribution in [-0.2, 0) is 0 Å². The first-order chi connectivity index (χ1) is 5.93. The Balaban J connectivity index is 4.59. The lowest BCUT2D eigenvalue weighted by atomic mass is 9.76. The Morgan fingerprint density at radius 2 is 1.85 bits per heavy atom. The maximum atomic E-state index is 2.32. The van der Waals surface area contributed by atoms with Crippen LogP contribution in [-0.4, -0.2) is 0 Å². The highest BCUT2D eigenvalue weighted by atomic mass is 14.3. The van der Waals surface area contributed by atoms with Crippen LogP contribution in [0.15, 0.2) is 23.8 Å². The SMILES string of the molecule is C/C=C\C=C(/CC)C(C)C(C)(C)C. The van der Waals surface area contributed by atoms with Gasteiger partial charge in [-0.25, -0.2) is 0 Å². The van der Waals surface area contributed by atoms with E-state index in [2.05, 4.69) is 59.8 Å². The highest BCUT2D eigenvalue weighted by Crippen LogP contribution is 2.32. The molecule has 0 amide bonds. The molecule has 1 unspecified atom stereocenters. The largest absolute Gasteiger partial charge is 0.0877 e. The second-order valence-electron chi connectivity index (χ2n) is 4.71. The standard InChI is InChI=1S/C13H24/c1-7-9-10-12(8-2)11(3)13(4,5)6/h7,9-11H,8H2,1-6H3/b9-7-,12-10+. The summed E-state index contributed by atoms with van der Waals surface area (Å²) in [5.74, 6) is 0.661. The Labute approximate surface area is 83.7 Å². The maximum absolute atomic E-state index is 2.32. The van der Waals surface area contributed by atoms with Crippen molar-refractivity contribution in [2.75, 3.05) is 0 Å². The lowest BCUT2D eigenvalue weighted by molar-refractivity contribution is 0.296. The second-order valence-corrected chi connectivity index (χ2v) is 4.71. The zero-order valence-electron chi connectivity index (χ0n) is 10.0. The van der Waals surface area contributed by atoms with Gasteiger partial charge in [-0.3, -0.25) is 0 Å². The lowest BCUT2D eigenvalue weighted by Crippen LogP contribution is -2.19. The van der Waals surface area contributed by atoms with Gasteiger partial charge in [0.2, 0.25) is 0 Å². The summed E-state index contributed by atoms with van der Waals surface area (Å²) in [5.41, 5.74) is 1.93. The molecule has 0 aromatic heterocycles. The molecule has 0 saturated heterocycles. The monoisotopic (exact) mass is 180 g/mol. The van der Waals surface area contributed by atoms with Gasteiger partial charge in [-0.2, -0.15) is 0 Å². The predicted molar refractivity (Wildman–Crippen MR) is 61.8 cm³/mol. The van der Waals surface area contributed by atoms with Crippen molar-refractivity contribution in [2.24, 2.45) is 11.3 Å². The average Bonchev–Trinajstić information content (AvgIpc) is 2.04. The Bertz CT molecular complexity index is 189. The number of hydrogen-bond acceptors (Lipinski definition) is 0. The fourth-order valence-corrected chi connectivity index (χ4v) is 1.34. The molecule has 76 valence electrons. The summed E-state index contributed by atoms with van der Waals surface area (Å²) in [6, 6.07) is 0. The molecule has 13 heavy (non-hydrogen) atoms. The van der Waals surface area contributed by atoms with Gasteiger partial charge in [0.25, 0.3) is 0 Å². The highest BCUT2D eigenvalue weighted by Gasteiger charge is 2.21. The minimum Gasteiger partial charge on any atom is -0.0877 e. The van der Waals surface area contributed by atoms with Crippen molar-refractivity contribution in [1.82, 2.24) is 0 Å². The van der Waals surface area contributed by atoms with E-state index in [9.17, 15) is 0 Å². The number of hydrogen-bond donors (Lipinski definition) is 0. The maximum Gasteiger partial charge on any atom is -0.0180 e. The van der Waals surface area contributed by atoms with Crippen molar-refractivity contribution in [3.05, 3.63) is 23.8 Å². The molecule has 1 atom stereocenters. The molecule has 0 radical (unpaired) electrons. The van der Waals surface area contributed by atoms with Gasteiger partial charge < -0.3 is 0 Å². The second kappa shape index (κ2) is 5.26. The van der Waals surface area contributed by atoms with E-state index in [1.807, 2.05) is 0 Å². The van der Waals surface area contributed by atoms with Gasteiger partial charge in [0.15, 0.2) is 0 Å². The molecule has 0 rings (SSSR count). The van der Waals surface area contributed by atoms with Gasteiger partial charge in [-0.05, 0) is 24.7 Å². The van der Waals surface area contributed by atoms with E-state index in [4.69, 9.17) is 0 Å². The van der Waals surface area contributed by atoms with Crippen LogP contribution in [0, 0.1) is 11.3 Å². The molecule has 0 aromatic rings. The molecule has 0 aromatic carbocycles. The van der Waals surface area contributed by atoms with Gasteiger partial charge in [0.05, 0.1) is 0 Å². The van der Waals surface area contributed by atoms with E-state index in [0.717, 1.165) is 6.42 Å². The van der Waals surface area contributed by atoms with E-state index in [1.165, 1.54) is 0 Å². The quantitative estimate of drug-likeness (QED) is 0.558. The fourth-order valence-electron chi connectivity index (χ4n) is 1.34. The van der Waals surface area contributed by atoms with Gasteiger partial charge in [-0.15, -0.1) is 0 Å². The molecule has 0 fully saturated rings. The number of allylic oxidation sites excluding steroid dienone is 4. The van der Waals surface area contributed by atoms with Gasteiger partial charge in [-0.1, -0.05) is 58.4 Å². The molecule has 0 N–H and O–H groups in total. The highest BCUT2D eigenvalue weighted by molar-refractivity contribution is 5.15. The summed E-state index contributed by atoms with van der Waals surface area (Å²) in [4.78, 5) is 0. The van der Waals surface area contributed by atoms with Crippen LogP contribution in [0.4, 0.5) is 0 Å². The van der Waals surface area contributed by atoms with Gasteiger partial charge in [0, 0.05) is 0 Å². The molecule has 0 heterocycles. The van der Waals surface area contributed by atoms with E-state index in [1.54, 1.807) is 5.57 Å². The summed E-state index contributed by atoms with van der Waals surface area (Å²) < 4.78 is 0. The first-order valence-corrected chi connectivity index (χ1v) is 5.25. The first-order valence-electron chi connectivity index (χ1n) is 5.25. The summed E-state index contributed by atoms with van der Waals surface area (Å²) in [7, 11) is 0. The minimum atomic E-state index is 0.378. The zero-order valence-corrected chi connectivity index (χ0v) is 10.0. The zero-order chi connectivity index (χ0) is 10.5. The van der Waals surface area contributed by atoms with Crippen molar-refractivity contribution in [3.63, 3.8) is 0 Å². The Morgan fingerprint density at radius 1 is 1.31 bits per heavy atom. The smallest absolute Gasteiger partial charge is 0.0180 e. The fraction of sp³-hybridized carbons (Fsp3) is 0.692. The molecular formula is C13H24. The third kappa shape index (κ3) is 4.31. The number of rotatable bonds is 3. The lowest BCUT2D eigenvalue weighted by Gasteiger charge is -2.29. The van der Waals surface area contributed by atoms with Crippen LogP contribution in [0.2, 0.25) is 0 Å². The third-order valence-corrected chi connectivity index (χ3v) is 2.77. The van der Waals surface area contributed by atoms with E-state index in [-0.39, 0.29) is 0 Å². The molecule has 0 nitrogen and oxygen atoms in total. The Morgan fingerprint density at radius 3 is 2.15 bits per heavy atom. The van der Waals surface area contributed by atoms with Crippen LogP contribution in [0.25, 0.3) is 0 Å². The van der Waals surface area contributed by atoms with Crippen LogP contribution in [0.3, 0.4) is 0 Å². The molecule has 0 bridgehead atoms. The van der Waals surface area contributed by atoms with E-state index in [0.29, 0.717) is 11.3 Å². The normalized spacial score (nSPS) is 16.6. The van der Waals surface area contributed by atoms with Crippen LogP contribution in [0.5, 0.6) is 0 Å². The van der Waals surface area contributed by atoms with Gasteiger partial charge in [0.1, 0.15) is 0 Å². The molecule has 0 saturated carbocycles. The summed E-state index contributed by atoms with van der Waals surface area (Å²) >= 11 is 0. The van der Waals surface area contributed by atoms with Crippen LogP contribution < -0.4 is 0 Å². The van der Waals surface area contributed by atoms with Gasteiger partial charge >= 0.3 is 0 Å². The van der Waals surface area contributed by atoms with Crippen molar-refractivity contribution in [1.29, 1.82) is 0 Å². The van der Waals surface area contributed by atoms with Crippen LogP contribution >= 0.6 is 0 Å². The molecule has 0 spiro atoms. The van der Waals surface area contributed by atoms with Crippen molar-refractivity contribution >= 4 is 0 Å². The third-order valence-electron chi connectivity index (χ3n) is 2.77. The van der Waals surface area contributed by atoms with Crippen molar-refractivity contribution in [3.8, 4) is 0 Å². The molecule has 0 aliphatic carbocycles. The summed E-state index contributed by atoms with van der Waals surface area (Å²) in [6.07, 6.45) is 7.64. The Kier molecular flexibility index (Phi) is 5.05. The summed E-state index contributed by atoms with van der Waals surface area (Å²) in [5, 5.41) is 0. The van der Waals surface area contributed by atoms with E-state index >= 15 is 0 Å². The van der Waals surface area contributed by atoms with E-state index < -0.39 is 0 Å².